The molecule has 0 spiro atoms. The molecule has 0 radical (unpaired) electrons. The van der Waals surface area contributed by atoms with Crippen molar-refractivity contribution in [1.29, 1.82) is 0 Å². The van der Waals surface area contributed by atoms with E-state index in [1.807, 2.05) is 0 Å². The summed E-state index contributed by atoms with van der Waals surface area (Å²) in [5.74, 6) is -0.906. The second-order valence-corrected chi connectivity index (χ2v) is 5.20. The van der Waals surface area contributed by atoms with Crippen molar-refractivity contribution in [1.82, 2.24) is 19.5 Å². The molecular formula is C13H14N6O4. The van der Waals surface area contributed by atoms with E-state index in [1.165, 1.54) is 23.4 Å². The molecule has 1 fully saturated rings. The Labute approximate surface area is 130 Å². The summed E-state index contributed by atoms with van der Waals surface area (Å²) in [4.78, 5) is 35.7. The number of piperidine rings is 1. The van der Waals surface area contributed by atoms with E-state index in [2.05, 4.69) is 15.0 Å². The van der Waals surface area contributed by atoms with E-state index < -0.39 is 16.8 Å². The third-order valence-corrected chi connectivity index (χ3v) is 3.86. The second kappa shape index (κ2) is 5.99. The lowest BCUT2D eigenvalue weighted by Gasteiger charge is -2.30. The first kappa shape index (κ1) is 14.9. The Morgan fingerprint density at radius 2 is 2.00 bits per heavy atom. The van der Waals surface area contributed by atoms with E-state index in [1.54, 1.807) is 11.1 Å². The van der Waals surface area contributed by atoms with Crippen molar-refractivity contribution in [3.63, 3.8) is 0 Å². The first-order chi connectivity index (χ1) is 11.1. The van der Waals surface area contributed by atoms with Crippen LogP contribution in [0.4, 0.5) is 11.5 Å². The number of hydrogen-bond acceptors (Lipinski definition) is 7. The highest BCUT2D eigenvalue weighted by molar-refractivity contribution is 5.71. The molecule has 2 aromatic rings. The highest BCUT2D eigenvalue weighted by Gasteiger charge is 2.32. The number of anilines is 1. The second-order valence-electron chi connectivity index (χ2n) is 5.20. The van der Waals surface area contributed by atoms with Crippen LogP contribution in [0.15, 0.2) is 25.0 Å². The van der Waals surface area contributed by atoms with Gasteiger partial charge in [0, 0.05) is 25.5 Å². The number of carboxylic acids is 1. The number of aromatic nitrogens is 4. The molecule has 120 valence electrons. The quantitative estimate of drug-likeness (QED) is 0.649. The molecule has 0 aromatic carbocycles. The van der Waals surface area contributed by atoms with Crippen molar-refractivity contribution in [2.45, 2.75) is 12.8 Å². The number of imidazole rings is 1. The molecule has 23 heavy (non-hydrogen) atoms. The van der Waals surface area contributed by atoms with E-state index >= 15 is 0 Å². The predicted molar refractivity (Wildman–Crippen MR) is 78.4 cm³/mol. The monoisotopic (exact) mass is 318 g/mol. The van der Waals surface area contributed by atoms with Crippen LogP contribution in [0.1, 0.15) is 12.8 Å². The summed E-state index contributed by atoms with van der Waals surface area (Å²) < 4.78 is 1.45. The Kier molecular flexibility index (Phi) is 3.87. The maximum Gasteiger partial charge on any atom is 0.354 e. The van der Waals surface area contributed by atoms with E-state index in [0.29, 0.717) is 25.9 Å². The van der Waals surface area contributed by atoms with Gasteiger partial charge >= 0.3 is 11.7 Å². The van der Waals surface area contributed by atoms with Crippen molar-refractivity contribution in [3.8, 4) is 5.82 Å². The average Bonchev–Trinajstić information content (AvgIpc) is 3.08. The molecule has 3 rings (SSSR count). The SMILES string of the molecule is O=C(O)C1CCN(c2ncnc(-n3ccnc3)c2[N+](=O)[O-])CC1. The molecule has 0 amide bonds. The fourth-order valence-electron chi connectivity index (χ4n) is 2.67. The average molecular weight is 318 g/mol. The molecule has 1 saturated heterocycles. The van der Waals surface area contributed by atoms with Crippen LogP contribution in [-0.2, 0) is 4.79 Å². The van der Waals surface area contributed by atoms with Gasteiger partial charge in [0.15, 0.2) is 0 Å². The summed E-state index contributed by atoms with van der Waals surface area (Å²) in [6.45, 7) is 0.802. The normalized spacial score (nSPS) is 15.6. The minimum absolute atomic E-state index is 0.137. The maximum atomic E-state index is 11.5. The zero-order chi connectivity index (χ0) is 16.4. The van der Waals surface area contributed by atoms with Gasteiger partial charge in [-0.25, -0.2) is 15.0 Å². The molecular weight excluding hydrogens is 304 g/mol. The van der Waals surface area contributed by atoms with Crippen molar-refractivity contribution < 1.29 is 14.8 Å². The van der Waals surface area contributed by atoms with Gasteiger partial charge in [-0.05, 0) is 12.8 Å². The van der Waals surface area contributed by atoms with Crippen LogP contribution in [0.5, 0.6) is 0 Å². The Balaban J connectivity index is 1.95. The lowest BCUT2D eigenvalue weighted by molar-refractivity contribution is -0.384. The highest BCUT2D eigenvalue weighted by atomic mass is 16.6. The Bertz CT molecular complexity index is 724. The molecule has 0 aliphatic carbocycles. The molecule has 2 aromatic heterocycles. The van der Waals surface area contributed by atoms with E-state index in [9.17, 15) is 14.9 Å². The summed E-state index contributed by atoms with van der Waals surface area (Å²) in [6.07, 6.45) is 6.62. The molecule has 10 nitrogen and oxygen atoms in total. The number of hydrogen-bond donors (Lipinski definition) is 1. The van der Waals surface area contributed by atoms with Crippen LogP contribution in [-0.4, -0.2) is 48.6 Å². The zero-order valence-electron chi connectivity index (χ0n) is 12.1. The lowest BCUT2D eigenvalue weighted by Crippen LogP contribution is -2.37. The molecule has 0 saturated carbocycles. The van der Waals surface area contributed by atoms with Gasteiger partial charge in [0.1, 0.15) is 12.7 Å². The van der Waals surface area contributed by atoms with Crippen LogP contribution in [0.2, 0.25) is 0 Å². The standard InChI is InChI=1S/C13H14N6O4/c20-13(21)9-1-4-17(5-2-9)11-10(19(22)23)12(16-7-15-11)18-6-3-14-8-18/h3,6-9H,1-2,4-5H2,(H,20,21). The predicted octanol–water partition coefficient (Wildman–Crippen LogP) is 0.871. The highest BCUT2D eigenvalue weighted by Crippen LogP contribution is 2.33. The number of aliphatic carboxylic acids is 1. The molecule has 10 heteroatoms. The summed E-state index contributed by atoms with van der Waals surface area (Å²) in [7, 11) is 0. The first-order valence-electron chi connectivity index (χ1n) is 7.03. The van der Waals surface area contributed by atoms with E-state index in [0.717, 1.165) is 0 Å². The number of carbonyl (C=O) groups is 1. The number of rotatable bonds is 4. The Morgan fingerprint density at radius 3 is 2.57 bits per heavy atom. The van der Waals surface area contributed by atoms with Gasteiger partial charge in [0.2, 0.25) is 11.6 Å². The van der Waals surface area contributed by atoms with Crippen LogP contribution in [0.3, 0.4) is 0 Å². The number of carboxylic acid groups (broad SMARTS) is 1. The van der Waals surface area contributed by atoms with Crippen molar-refractivity contribution in [2.24, 2.45) is 5.92 Å². The summed E-state index contributed by atoms with van der Waals surface area (Å²) in [6, 6.07) is 0. The first-order valence-corrected chi connectivity index (χ1v) is 7.03. The smallest absolute Gasteiger partial charge is 0.354 e. The minimum Gasteiger partial charge on any atom is -0.481 e. The van der Waals surface area contributed by atoms with E-state index in [-0.39, 0.29) is 17.3 Å². The fourth-order valence-corrected chi connectivity index (χ4v) is 2.67. The summed E-state index contributed by atoms with van der Waals surface area (Å²) in [5.41, 5.74) is -0.209. The lowest BCUT2D eigenvalue weighted by atomic mass is 9.97. The van der Waals surface area contributed by atoms with Gasteiger partial charge in [-0.1, -0.05) is 0 Å². The van der Waals surface area contributed by atoms with Gasteiger partial charge < -0.3 is 10.0 Å². The molecule has 3 heterocycles. The maximum absolute atomic E-state index is 11.5. The number of nitrogens with zero attached hydrogens (tertiary/aromatic N) is 6. The topological polar surface area (TPSA) is 127 Å². The molecule has 0 atom stereocenters. The molecule has 1 aliphatic heterocycles. The van der Waals surface area contributed by atoms with Gasteiger partial charge in [0.25, 0.3) is 0 Å². The van der Waals surface area contributed by atoms with Crippen LogP contribution < -0.4 is 4.90 Å². The van der Waals surface area contributed by atoms with Crippen LogP contribution >= 0.6 is 0 Å². The molecule has 0 bridgehead atoms. The zero-order valence-corrected chi connectivity index (χ0v) is 12.1. The Morgan fingerprint density at radius 1 is 1.30 bits per heavy atom. The largest absolute Gasteiger partial charge is 0.481 e. The van der Waals surface area contributed by atoms with Crippen molar-refractivity contribution >= 4 is 17.5 Å². The van der Waals surface area contributed by atoms with Crippen molar-refractivity contribution in [2.75, 3.05) is 18.0 Å². The molecule has 1 N–H and O–H groups in total. The van der Waals surface area contributed by atoms with Gasteiger partial charge in [-0.15, -0.1) is 0 Å². The fraction of sp³-hybridized carbons (Fsp3) is 0.385. The van der Waals surface area contributed by atoms with Crippen LogP contribution in [0.25, 0.3) is 5.82 Å². The third kappa shape index (κ3) is 2.82. The summed E-state index contributed by atoms with van der Waals surface area (Å²) >= 11 is 0. The van der Waals surface area contributed by atoms with Gasteiger partial charge in [-0.2, -0.15) is 0 Å². The molecule has 0 unspecified atom stereocenters. The third-order valence-electron chi connectivity index (χ3n) is 3.86. The van der Waals surface area contributed by atoms with E-state index in [4.69, 9.17) is 5.11 Å². The van der Waals surface area contributed by atoms with Crippen molar-refractivity contribution in [3.05, 3.63) is 35.2 Å². The minimum atomic E-state index is -0.832. The van der Waals surface area contributed by atoms with Crippen LogP contribution in [0, 0.1) is 16.0 Å². The Hall–Kier alpha value is -3.04. The molecule has 1 aliphatic rings. The summed E-state index contributed by atoms with van der Waals surface area (Å²) in [5, 5.41) is 20.6. The van der Waals surface area contributed by atoms with Gasteiger partial charge in [0.05, 0.1) is 10.8 Å². The van der Waals surface area contributed by atoms with Gasteiger partial charge in [-0.3, -0.25) is 19.5 Å². The number of nitro groups is 1.